The topological polar surface area (TPSA) is 55.4 Å². The molecule has 34 heavy (non-hydrogen) atoms. The van der Waals surface area contributed by atoms with Crippen molar-refractivity contribution in [3.8, 4) is 0 Å². The normalized spacial score (nSPS) is 39.4. The molecule has 6 atom stereocenters. The van der Waals surface area contributed by atoms with Crippen molar-refractivity contribution in [2.24, 2.45) is 11.8 Å². The fourth-order valence-electron chi connectivity index (χ4n) is 6.66. The first-order valence-corrected chi connectivity index (χ1v) is 12.8. The summed E-state index contributed by atoms with van der Waals surface area (Å²) in [7, 11) is -0.912. The number of ether oxygens (including phenoxy) is 2. The standard InChI is InChI=1S/C26H30B2O6/c1-3-11-21(12-4-1)27-29-17-19-9-7-15-23-25(19,33-27)31-24-16-8-10-20-18-30-28(34-26(20,24)32-23)22-13-5-2-6-14-22/h1-6,11-14,19-20,23-24H,7-10,15-18H2. The number of hydrogen-bond acceptors (Lipinski definition) is 6. The van der Waals surface area contributed by atoms with Crippen LogP contribution < -0.4 is 10.9 Å². The van der Waals surface area contributed by atoms with Crippen LogP contribution in [0.4, 0.5) is 0 Å². The Morgan fingerprint density at radius 1 is 0.588 bits per heavy atom. The van der Waals surface area contributed by atoms with Gasteiger partial charge in [-0.05, 0) is 36.6 Å². The molecule has 0 amide bonds. The van der Waals surface area contributed by atoms with E-state index in [0.29, 0.717) is 13.2 Å². The summed E-state index contributed by atoms with van der Waals surface area (Å²) >= 11 is 0. The predicted octanol–water partition coefficient (Wildman–Crippen LogP) is 2.65. The molecule has 3 aliphatic heterocycles. The molecule has 3 saturated heterocycles. The minimum atomic E-state index is -0.807. The van der Waals surface area contributed by atoms with E-state index in [2.05, 4.69) is 0 Å². The Kier molecular flexibility index (Phi) is 5.38. The Morgan fingerprint density at radius 2 is 1.03 bits per heavy atom. The smallest absolute Gasteiger partial charge is 0.407 e. The van der Waals surface area contributed by atoms with Crippen LogP contribution in [-0.4, -0.2) is 51.2 Å². The van der Waals surface area contributed by atoms with Crippen LogP contribution >= 0.6 is 0 Å². The molecular weight excluding hydrogens is 430 g/mol. The first-order valence-electron chi connectivity index (χ1n) is 12.8. The third-order valence-electron chi connectivity index (χ3n) is 8.35. The SMILES string of the molecule is c1ccc(B2OCC3CCCC4OC56OB(c7ccccc7)OCC5CCCC6OC34O2)cc1. The van der Waals surface area contributed by atoms with E-state index in [4.69, 9.17) is 28.1 Å². The Balaban J connectivity index is 1.22. The average molecular weight is 460 g/mol. The maximum Gasteiger partial charge on any atom is 0.496 e. The van der Waals surface area contributed by atoms with E-state index in [0.717, 1.165) is 49.5 Å². The molecule has 0 aromatic heterocycles. The second-order valence-electron chi connectivity index (χ2n) is 10.3. The average Bonchev–Trinajstić information content (AvgIpc) is 2.90. The fourth-order valence-corrected chi connectivity index (χ4v) is 6.66. The molecule has 3 heterocycles. The van der Waals surface area contributed by atoms with Crippen LogP contribution in [0.2, 0.25) is 0 Å². The largest absolute Gasteiger partial charge is 0.496 e. The Bertz CT molecular complexity index is 929. The second kappa shape index (κ2) is 8.47. The third kappa shape index (κ3) is 3.34. The molecular formula is C26H30B2O6. The Labute approximate surface area is 201 Å². The quantitative estimate of drug-likeness (QED) is 0.643. The molecule has 0 bridgehead atoms. The van der Waals surface area contributed by atoms with E-state index < -0.39 is 25.8 Å². The van der Waals surface area contributed by atoms with Crippen LogP contribution in [-0.2, 0) is 28.1 Å². The summed E-state index contributed by atoms with van der Waals surface area (Å²) in [5, 5.41) is 0. The van der Waals surface area contributed by atoms with E-state index >= 15 is 0 Å². The van der Waals surface area contributed by atoms with E-state index in [-0.39, 0.29) is 24.0 Å². The second-order valence-corrected chi connectivity index (χ2v) is 10.3. The van der Waals surface area contributed by atoms with Crippen LogP contribution in [0.15, 0.2) is 60.7 Å². The lowest BCUT2D eigenvalue weighted by molar-refractivity contribution is -0.460. The summed E-state index contributed by atoms with van der Waals surface area (Å²) in [6, 6.07) is 20.3. The highest BCUT2D eigenvalue weighted by Crippen LogP contribution is 2.55. The van der Waals surface area contributed by atoms with Gasteiger partial charge in [0.2, 0.25) is 0 Å². The lowest BCUT2D eigenvalue weighted by atomic mass is 9.69. The van der Waals surface area contributed by atoms with Gasteiger partial charge >= 0.3 is 14.2 Å². The highest BCUT2D eigenvalue weighted by molar-refractivity contribution is 6.62. The number of hydrogen-bond donors (Lipinski definition) is 0. The van der Waals surface area contributed by atoms with Crippen LogP contribution in [0, 0.1) is 11.8 Å². The Hall–Kier alpha value is -1.67. The molecule has 8 heteroatoms. The summed E-state index contributed by atoms with van der Waals surface area (Å²) in [4.78, 5) is 0. The number of benzene rings is 2. The molecule has 7 rings (SSSR count). The fraction of sp³-hybridized carbons (Fsp3) is 0.538. The van der Waals surface area contributed by atoms with Crippen molar-refractivity contribution in [3.63, 3.8) is 0 Å². The Morgan fingerprint density at radius 3 is 1.47 bits per heavy atom. The van der Waals surface area contributed by atoms with Crippen molar-refractivity contribution < 1.29 is 28.1 Å². The summed E-state index contributed by atoms with van der Waals surface area (Å²) in [6.45, 7) is 1.22. The van der Waals surface area contributed by atoms with Gasteiger partial charge in [0.15, 0.2) is 11.6 Å². The molecule has 2 saturated carbocycles. The van der Waals surface area contributed by atoms with Crippen molar-refractivity contribution >= 4 is 25.2 Å². The molecule has 5 aliphatic rings. The van der Waals surface area contributed by atoms with Crippen molar-refractivity contribution in [3.05, 3.63) is 60.7 Å². The minimum Gasteiger partial charge on any atom is -0.407 e. The maximum absolute atomic E-state index is 7.07. The molecule has 2 aliphatic carbocycles. The molecule has 2 aromatic carbocycles. The highest BCUT2D eigenvalue weighted by atomic mass is 16.8. The molecule has 0 N–H and O–H groups in total. The van der Waals surface area contributed by atoms with Gasteiger partial charge in [0.05, 0.1) is 0 Å². The number of rotatable bonds is 2. The van der Waals surface area contributed by atoms with Crippen LogP contribution in [0.1, 0.15) is 38.5 Å². The van der Waals surface area contributed by atoms with Gasteiger partial charge in [-0.1, -0.05) is 73.5 Å². The lowest BCUT2D eigenvalue weighted by Gasteiger charge is -2.64. The zero-order valence-corrected chi connectivity index (χ0v) is 19.3. The summed E-state index contributed by atoms with van der Waals surface area (Å²) in [6.07, 6.45) is 5.53. The van der Waals surface area contributed by atoms with Gasteiger partial charge in [0, 0.05) is 25.0 Å². The zero-order chi connectivity index (χ0) is 22.6. The van der Waals surface area contributed by atoms with Crippen molar-refractivity contribution in [1.29, 1.82) is 0 Å². The highest BCUT2D eigenvalue weighted by Gasteiger charge is 2.68. The van der Waals surface area contributed by atoms with Gasteiger partial charge in [-0.25, -0.2) is 0 Å². The molecule has 2 spiro atoms. The van der Waals surface area contributed by atoms with Crippen LogP contribution in [0.25, 0.3) is 0 Å². The summed E-state index contributed by atoms with van der Waals surface area (Å²) in [5.74, 6) is -1.32. The van der Waals surface area contributed by atoms with E-state index in [1.165, 1.54) is 0 Å². The summed E-state index contributed by atoms with van der Waals surface area (Å²) in [5.41, 5.74) is 2.02. The van der Waals surface area contributed by atoms with Gasteiger partial charge in [0.1, 0.15) is 12.2 Å². The first kappa shape index (κ1) is 21.6. The predicted molar refractivity (Wildman–Crippen MR) is 128 cm³/mol. The first-order chi connectivity index (χ1) is 16.8. The van der Waals surface area contributed by atoms with Gasteiger partial charge in [0.25, 0.3) is 0 Å². The lowest BCUT2D eigenvalue weighted by Crippen LogP contribution is -2.77. The molecule has 6 unspecified atom stereocenters. The van der Waals surface area contributed by atoms with E-state index in [9.17, 15) is 0 Å². The monoisotopic (exact) mass is 460 g/mol. The van der Waals surface area contributed by atoms with E-state index in [1.807, 2.05) is 60.7 Å². The minimum absolute atomic E-state index is 0.147. The van der Waals surface area contributed by atoms with Crippen molar-refractivity contribution in [2.75, 3.05) is 13.2 Å². The van der Waals surface area contributed by atoms with Gasteiger partial charge < -0.3 is 28.1 Å². The molecule has 5 fully saturated rings. The summed E-state index contributed by atoms with van der Waals surface area (Å²) < 4.78 is 40.0. The molecule has 0 radical (unpaired) electrons. The maximum atomic E-state index is 7.07. The van der Waals surface area contributed by atoms with E-state index in [1.54, 1.807) is 0 Å². The van der Waals surface area contributed by atoms with Gasteiger partial charge in [-0.2, -0.15) is 0 Å². The van der Waals surface area contributed by atoms with Crippen molar-refractivity contribution in [2.45, 2.75) is 62.3 Å². The zero-order valence-electron chi connectivity index (χ0n) is 19.3. The van der Waals surface area contributed by atoms with Crippen LogP contribution in [0.5, 0.6) is 0 Å². The van der Waals surface area contributed by atoms with Gasteiger partial charge in [-0.15, -0.1) is 0 Å². The third-order valence-corrected chi connectivity index (χ3v) is 8.35. The molecule has 2 aromatic rings. The van der Waals surface area contributed by atoms with Gasteiger partial charge in [-0.3, -0.25) is 0 Å². The molecule has 6 nitrogen and oxygen atoms in total. The van der Waals surface area contributed by atoms with Crippen LogP contribution in [0.3, 0.4) is 0 Å². The van der Waals surface area contributed by atoms with Crippen molar-refractivity contribution in [1.82, 2.24) is 0 Å². The molecule has 176 valence electrons.